The minimum absolute atomic E-state index is 0.0200. The SMILES string of the molecule is O=C(C1CC2CCCCC2N1)N1CCOC(Cn2cccn2)C1. The summed E-state index contributed by atoms with van der Waals surface area (Å²) in [7, 11) is 0. The fourth-order valence-electron chi connectivity index (χ4n) is 4.38. The quantitative estimate of drug-likeness (QED) is 0.904. The van der Waals surface area contributed by atoms with Crippen molar-refractivity contribution in [3.05, 3.63) is 18.5 Å². The summed E-state index contributed by atoms with van der Waals surface area (Å²) in [4.78, 5) is 14.9. The van der Waals surface area contributed by atoms with Crippen LogP contribution < -0.4 is 5.32 Å². The minimum atomic E-state index is 0.0200. The molecular formula is C17H26N4O2. The Morgan fingerprint density at radius 2 is 2.26 bits per heavy atom. The van der Waals surface area contributed by atoms with Crippen LogP contribution in [0.4, 0.5) is 0 Å². The van der Waals surface area contributed by atoms with Crippen molar-refractivity contribution in [3.8, 4) is 0 Å². The van der Waals surface area contributed by atoms with Crippen molar-refractivity contribution in [1.29, 1.82) is 0 Å². The molecule has 0 spiro atoms. The van der Waals surface area contributed by atoms with Gasteiger partial charge in [0.05, 0.1) is 25.3 Å². The van der Waals surface area contributed by atoms with Crippen molar-refractivity contribution >= 4 is 5.91 Å². The standard InChI is InChI=1S/C17H26N4O2/c22-17(16-10-13-4-1-2-5-15(13)19-16)20-8-9-23-14(11-20)12-21-7-3-6-18-21/h3,6-7,13-16,19H,1-2,4-5,8-12H2. The number of amides is 1. The van der Waals surface area contributed by atoms with Crippen LogP contribution in [0, 0.1) is 5.92 Å². The van der Waals surface area contributed by atoms with Gasteiger partial charge in [0.1, 0.15) is 0 Å². The molecule has 1 amide bonds. The number of carbonyl (C=O) groups excluding carboxylic acids is 1. The zero-order chi connectivity index (χ0) is 15.6. The molecule has 6 nitrogen and oxygen atoms in total. The van der Waals surface area contributed by atoms with E-state index in [1.54, 1.807) is 6.20 Å². The van der Waals surface area contributed by atoms with Crippen LogP contribution in [-0.2, 0) is 16.1 Å². The topological polar surface area (TPSA) is 59.4 Å². The molecule has 3 aliphatic rings. The van der Waals surface area contributed by atoms with Gasteiger partial charge in [-0.1, -0.05) is 12.8 Å². The van der Waals surface area contributed by atoms with Crippen LogP contribution in [0.5, 0.6) is 0 Å². The number of nitrogens with one attached hydrogen (secondary N) is 1. The Morgan fingerprint density at radius 3 is 3.09 bits per heavy atom. The summed E-state index contributed by atoms with van der Waals surface area (Å²) in [5.74, 6) is 0.978. The zero-order valence-electron chi connectivity index (χ0n) is 13.6. The number of fused-ring (bicyclic) bond motifs is 1. The van der Waals surface area contributed by atoms with Gasteiger partial charge in [-0.3, -0.25) is 9.48 Å². The molecule has 2 saturated heterocycles. The van der Waals surface area contributed by atoms with Crippen LogP contribution >= 0.6 is 0 Å². The van der Waals surface area contributed by atoms with Crippen molar-refractivity contribution in [2.45, 2.75) is 56.8 Å². The smallest absolute Gasteiger partial charge is 0.239 e. The first-order valence-electron chi connectivity index (χ1n) is 8.93. The molecule has 1 aliphatic carbocycles. The van der Waals surface area contributed by atoms with Gasteiger partial charge < -0.3 is 15.0 Å². The van der Waals surface area contributed by atoms with Crippen molar-refractivity contribution in [3.63, 3.8) is 0 Å². The number of ether oxygens (including phenoxy) is 1. The van der Waals surface area contributed by atoms with Crippen molar-refractivity contribution in [1.82, 2.24) is 20.0 Å². The third-order valence-corrected chi connectivity index (χ3v) is 5.56. The van der Waals surface area contributed by atoms with Crippen LogP contribution in [0.25, 0.3) is 0 Å². The highest BCUT2D eigenvalue weighted by atomic mass is 16.5. The van der Waals surface area contributed by atoms with Crippen LogP contribution in [-0.4, -0.2) is 58.5 Å². The van der Waals surface area contributed by atoms with E-state index in [-0.39, 0.29) is 18.1 Å². The van der Waals surface area contributed by atoms with Crippen LogP contribution in [0.15, 0.2) is 18.5 Å². The van der Waals surface area contributed by atoms with Gasteiger partial charge in [-0.25, -0.2) is 0 Å². The molecule has 23 heavy (non-hydrogen) atoms. The Kier molecular flexibility index (Phi) is 4.35. The van der Waals surface area contributed by atoms with Gasteiger partial charge in [0.25, 0.3) is 0 Å². The zero-order valence-corrected chi connectivity index (χ0v) is 13.6. The molecular weight excluding hydrogens is 292 g/mol. The molecule has 1 saturated carbocycles. The summed E-state index contributed by atoms with van der Waals surface area (Å²) >= 11 is 0. The van der Waals surface area contributed by atoms with E-state index >= 15 is 0 Å². The van der Waals surface area contributed by atoms with E-state index in [1.807, 2.05) is 21.8 Å². The lowest BCUT2D eigenvalue weighted by molar-refractivity contribution is -0.141. The normalized spacial score (nSPS) is 34.3. The second-order valence-corrected chi connectivity index (χ2v) is 7.11. The first-order chi connectivity index (χ1) is 11.3. The molecule has 3 heterocycles. The number of hydrogen-bond donors (Lipinski definition) is 1. The van der Waals surface area contributed by atoms with Crippen molar-refractivity contribution in [2.24, 2.45) is 5.92 Å². The summed E-state index contributed by atoms with van der Waals surface area (Å²) in [5, 5.41) is 7.83. The maximum absolute atomic E-state index is 12.9. The largest absolute Gasteiger partial charge is 0.373 e. The van der Waals surface area contributed by atoms with Gasteiger partial charge in [-0.05, 0) is 31.2 Å². The second-order valence-electron chi connectivity index (χ2n) is 7.11. The van der Waals surface area contributed by atoms with Crippen molar-refractivity contribution in [2.75, 3.05) is 19.7 Å². The summed E-state index contributed by atoms with van der Waals surface area (Å²) in [6.07, 6.45) is 9.92. The molecule has 0 aromatic carbocycles. The second kappa shape index (κ2) is 6.61. The predicted molar refractivity (Wildman–Crippen MR) is 85.8 cm³/mol. The third kappa shape index (κ3) is 3.28. The van der Waals surface area contributed by atoms with Crippen LogP contribution in [0.3, 0.4) is 0 Å². The summed E-state index contributed by atoms with van der Waals surface area (Å²) < 4.78 is 7.69. The van der Waals surface area contributed by atoms with E-state index in [1.165, 1.54) is 25.7 Å². The molecule has 4 unspecified atom stereocenters. The van der Waals surface area contributed by atoms with Gasteiger partial charge in [0, 0.05) is 31.5 Å². The lowest BCUT2D eigenvalue weighted by Gasteiger charge is -2.34. The lowest BCUT2D eigenvalue weighted by Crippen LogP contribution is -2.52. The molecule has 6 heteroatoms. The Labute approximate surface area is 137 Å². The highest BCUT2D eigenvalue weighted by Gasteiger charge is 2.40. The highest BCUT2D eigenvalue weighted by Crippen LogP contribution is 2.33. The summed E-state index contributed by atoms with van der Waals surface area (Å²) in [6.45, 7) is 2.71. The number of nitrogens with zero attached hydrogens (tertiary/aromatic N) is 3. The fourth-order valence-corrected chi connectivity index (χ4v) is 4.38. The summed E-state index contributed by atoms with van der Waals surface area (Å²) in [5.41, 5.74) is 0. The average molecular weight is 318 g/mol. The predicted octanol–water partition coefficient (Wildman–Crippen LogP) is 1.03. The number of rotatable bonds is 3. The van der Waals surface area contributed by atoms with Gasteiger partial charge in [0.2, 0.25) is 5.91 Å². The first kappa shape index (κ1) is 15.1. The maximum Gasteiger partial charge on any atom is 0.239 e. The highest BCUT2D eigenvalue weighted by molar-refractivity contribution is 5.82. The van der Waals surface area contributed by atoms with E-state index in [9.17, 15) is 4.79 Å². The van der Waals surface area contributed by atoms with Crippen LogP contribution in [0.2, 0.25) is 0 Å². The van der Waals surface area contributed by atoms with Gasteiger partial charge >= 0.3 is 0 Å². The number of aromatic nitrogens is 2. The Balaban J connectivity index is 1.34. The molecule has 0 radical (unpaired) electrons. The average Bonchev–Trinajstić information content (AvgIpc) is 3.23. The molecule has 0 bridgehead atoms. The first-order valence-corrected chi connectivity index (χ1v) is 8.93. The van der Waals surface area contributed by atoms with E-state index in [2.05, 4.69) is 10.4 Å². The third-order valence-electron chi connectivity index (χ3n) is 5.56. The number of carbonyl (C=O) groups is 1. The molecule has 4 rings (SSSR count). The monoisotopic (exact) mass is 318 g/mol. The van der Waals surface area contributed by atoms with Gasteiger partial charge in [0.15, 0.2) is 0 Å². The number of morpholine rings is 1. The van der Waals surface area contributed by atoms with Crippen molar-refractivity contribution < 1.29 is 9.53 Å². The summed E-state index contributed by atoms with van der Waals surface area (Å²) in [6, 6.07) is 2.50. The van der Waals surface area contributed by atoms with Crippen LogP contribution in [0.1, 0.15) is 32.1 Å². The van der Waals surface area contributed by atoms with E-state index in [4.69, 9.17) is 4.74 Å². The fraction of sp³-hybridized carbons (Fsp3) is 0.765. The molecule has 2 aliphatic heterocycles. The van der Waals surface area contributed by atoms with E-state index in [0.717, 1.165) is 6.42 Å². The van der Waals surface area contributed by atoms with Gasteiger partial charge in [-0.15, -0.1) is 0 Å². The van der Waals surface area contributed by atoms with E-state index in [0.29, 0.717) is 38.2 Å². The molecule has 4 atom stereocenters. The Morgan fingerprint density at radius 1 is 1.35 bits per heavy atom. The lowest BCUT2D eigenvalue weighted by atomic mass is 9.85. The minimum Gasteiger partial charge on any atom is -0.373 e. The molecule has 1 aromatic rings. The van der Waals surface area contributed by atoms with E-state index < -0.39 is 0 Å². The molecule has 3 fully saturated rings. The Bertz CT molecular complexity index is 519. The molecule has 1 N–H and O–H groups in total. The molecule has 1 aromatic heterocycles. The Hall–Kier alpha value is -1.40. The number of hydrogen-bond acceptors (Lipinski definition) is 4. The maximum atomic E-state index is 12.9. The van der Waals surface area contributed by atoms with Gasteiger partial charge in [-0.2, -0.15) is 5.10 Å². The molecule has 126 valence electrons.